The van der Waals surface area contributed by atoms with Gasteiger partial charge in [0.15, 0.2) is 0 Å². The van der Waals surface area contributed by atoms with E-state index in [-0.39, 0.29) is 39.2 Å². The van der Waals surface area contributed by atoms with E-state index in [1.54, 1.807) is 0 Å². The van der Waals surface area contributed by atoms with Crippen molar-refractivity contribution in [3.05, 3.63) is 32.9 Å². The van der Waals surface area contributed by atoms with Gasteiger partial charge in [-0.15, -0.1) is 0 Å². The second-order valence-corrected chi connectivity index (χ2v) is 0. The van der Waals surface area contributed by atoms with E-state index < -0.39 is 0 Å². The van der Waals surface area contributed by atoms with Crippen molar-refractivity contribution in [2.75, 3.05) is 0 Å². The van der Waals surface area contributed by atoms with E-state index >= 15 is 0 Å². The van der Waals surface area contributed by atoms with Crippen LogP contribution in [0.25, 0.3) is 0 Å². The van der Waals surface area contributed by atoms with Crippen LogP contribution in [0.2, 0.25) is 0 Å². The number of rotatable bonds is 0. The Kier molecular flexibility index (Phi) is 2650. The minimum Gasteiger partial charge on any atom is -0.512 e. The summed E-state index contributed by atoms with van der Waals surface area (Å²) in [7, 11) is 0. The molecule has 5 nitrogen and oxygen atoms in total. The van der Waals surface area contributed by atoms with E-state index in [0.717, 1.165) is 0 Å². The second kappa shape index (κ2) is 432. The Morgan fingerprint density at radius 2 is 0.417 bits per heavy atom. The monoisotopic (exact) mass is 386 g/mol. The fourth-order valence-corrected chi connectivity index (χ4v) is 0. The Labute approximate surface area is 98.1 Å². The van der Waals surface area contributed by atoms with Crippen LogP contribution in [-0.2, 0) is 39.2 Å². The van der Waals surface area contributed by atoms with Crippen LogP contribution in [0, 0.1) is 59.2 Å². The predicted molar refractivity (Wildman–Crippen MR) is 24.8 cm³/mol. The molecule has 65 valence electrons. The smallest absolute Gasteiger partial charge is 0.512 e. The Morgan fingerprint density at radius 1 is 0.417 bits per heavy atom. The quantitative estimate of drug-likeness (QED) is 0.443. The van der Waals surface area contributed by atoms with Crippen molar-refractivity contribution >= 4 is 0 Å². The molecule has 0 aliphatic carbocycles. The molecule has 0 amide bonds. The molecule has 0 bridgehead atoms. The molecule has 0 aromatic carbocycles. The van der Waals surface area contributed by atoms with Crippen LogP contribution < -0.4 is 0 Å². The van der Waals surface area contributed by atoms with Crippen LogP contribution in [-0.4, -0.2) is 0 Å². The van der Waals surface area contributed by atoms with E-state index in [1.807, 2.05) is 0 Å². The van der Waals surface area contributed by atoms with E-state index in [1.165, 1.54) is 0 Å². The van der Waals surface area contributed by atoms with Crippen LogP contribution >= 0.6 is 0 Å². The zero-order chi connectivity index (χ0) is 10.0. The molecule has 0 aromatic heterocycles. The van der Waals surface area contributed by atoms with Gasteiger partial charge in [0.1, 0.15) is 0 Å². The van der Waals surface area contributed by atoms with Crippen molar-refractivity contribution < 1.29 is 39.2 Å². The van der Waals surface area contributed by atoms with Crippen molar-refractivity contribution in [1.29, 1.82) is 26.3 Å². The van der Waals surface area contributed by atoms with Crippen LogP contribution in [0.4, 0.5) is 0 Å². The summed E-state index contributed by atoms with van der Waals surface area (Å²) in [4.78, 5) is 0. The summed E-state index contributed by atoms with van der Waals surface area (Å²) in [5.74, 6) is 0. The molecule has 0 heterocycles. The number of nitrogens with zero attached hydrogens (tertiary/aromatic N) is 5. The second-order valence-electron chi connectivity index (χ2n) is 0. The molecule has 0 fully saturated rings. The molecule has 12 heavy (non-hydrogen) atoms. The predicted octanol–water partition coefficient (Wildman–Crippen LogP) is 0.477. The Hall–Kier alpha value is -1.30. The summed E-state index contributed by atoms with van der Waals surface area (Å²) in [6, 6.07) is 0. The Bertz CT molecular complexity index is 78.4. The average Bonchev–Trinajstić information content (AvgIpc) is 2.20. The Balaban J connectivity index is -0.00000000500. The fraction of sp³-hybridized carbons (Fsp3) is 0. The molecule has 0 saturated heterocycles. The first-order chi connectivity index (χ1) is 5.00. The Morgan fingerprint density at radius 3 is 0.417 bits per heavy atom. The van der Waals surface area contributed by atoms with Gasteiger partial charge in [-0.05, 0) is 0 Å². The van der Waals surface area contributed by atoms with Gasteiger partial charge in [-0.2, -0.15) is 0 Å². The topological polar surface area (TPSA) is 119 Å². The zero-order valence-corrected chi connectivity index (χ0v) is 8.58. The van der Waals surface area contributed by atoms with E-state index in [4.69, 9.17) is 59.2 Å². The van der Waals surface area contributed by atoms with Gasteiger partial charge in [-0.1, -0.05) is 0 Å². The van der Waals surface area contributed by atoms with Gasteiger partial charge in [-0.25, -0.2) is 0 Å². The van der Waals surface area contributed by atoms with Crippen LogP contribution in [0.3, 0.4) is 0 Å². The average molecular weight is 386 g/mol. The van der Waals surface area contributed by atoms with Gasteiger partial charge in [0.25, 0.3) is 0 Å². The molecule has 0 aromatic rings. The maximum atomic E-state index is 6.25. The third-order valence-electron chi connectivity index (χ3n) is 0. The van der Waals surface area contributed by atoms with E-state index in [9.17, 15) is 0 Å². The minimum atomic E-state index is 0. The van der Waals surface area contributed by atoms with Gasteiger partial charge in [0, 0.05) is 0 Å². The maximum Gasteiger partial charge on any atom is 3.00 e. The molecular weight excluding hydrogens is 386 g/mol. The van der Waals surface area contributed by atoms with Crippen LogP contribution in [0.5, 0.6) is 0 Å². The molecule has 0 N–H and O–H groups in total. The van der Waals surface area contributed by atoms with Gasteiger partial charge in [0.2, 0.25) is 0 Å². The summed E-state index contributed by atoms with van der Waals surface area (Å²) in [6.07, 6.45) is 0. The van der Waals surface area contributed by atoms with Crippen molar-refractivity contribution in [3.8, 4) is 0 Å². The molecule has 1 radical (unpaired) electrons. The van der Waals surface area contributed by atoms with Crippen molar-refractivity contribution in [3.63, 3.8) is 0 Å². The SMILES string of the molecule is [Au+3].[C-]#N.[C-]#N.[C-]#N.[C-]#N.[C-]#N.[Co+2]. The zero-order valence-electron chi connectivity index (χ0n) is 5.37. The summed E-state index contributed by atoms with van der Waals surface area (Å²) in [5, 5.41) is 31.2. The fourth-order valence-electron chi connectivity index (χ4n) is 0. The first kappa shape index (κ1) is 73.6. The summed E-state index contributed by atoms with van der Waals surface area (Å²) >= 11 is 0. The molecule has 0 spiro atoms. The molecule has 0 aliphatic heterocycles. The first-order valence-corrected chi connectivity index (χ1v) is 1.12. The van der Waals surface area contributed by atoms with E-state index in [0.29, 0.717) is 0 Å². The summed E-state index contributed by atoms with van der Waals surface area (Å²) in [6.45, 7) is 23.8. The third-order valence-corrected chi connectivity index (χ3v) is 0. The van der Waals surface area contributed by atoms with Crippen LogP contribution in [0.15, 0.2) is 0 Å². The molecule has 7 heteroatoms. The molecule has 0 atom stereocenters. The minimum absolute atomic E-state index is 0. The maximum absolute atomic E-state index is 6.25. The van der Waals surface area contributed by atoms with Gasteiger partial charge in [-0.3, -0.25) is 0 Å². The molecular formula is C5AuCoN5. The van der Waals surface area contributed by atoms with Crippen molar-refractivity contribution in [2.45, 2.75) is 0 Å². The van der Waals surface area contributed by atoms with E-state index in [2.05, 4.69) is 0 Å². The van der Waals surface area contributed by atoms with Crippen molar-refractivity contribution in [2.24, 2.45) is 0 Å². The third kappa shape index (κ3) is 303. The molecule has 0 saturated carbocycles. The number of hydrogen-bond acceptors (Lipinski definition) is 5. The van der Waals surface area contributed by atoms with Gasteiger partial charge in [0.05, 0.1) is 0 Å². The molecule has 0 aliphatic rings. The van der Waals surface area contributed by atoms with Crippen molar-refractivity contribution in [1.82, 2.24) is 0 Å². The number of hydrogen-bond donors (Lipinski definition) is 0. The standard InChI is InChI=1S/5CN.Au.Co/c5*1-2;;/q5*-1;+3;+2. The van der Waals surface area contributed by atoms with Gasteiger partial charge < -0.3 is 59.2 Å². The van der Waals surface area contributed by atoms with Gasteiger partial charge >= 0.3 is 39.2 Å². The first-order valence-electron chi connectivity index (χ1n) is 1.12. The largest absolute Gasteiger partial charge is 3.00 e. The molecule has 0 rings (SSSR count). The normalized spacial score (nSPS) is 0.833. The summed E-state index contributed by atoms with van der Waals surface area (Å²) in [5.41, 5.74) is 0. The molecule has 0 unspecified atom stereocenters. The summed E-state index contributed by atoms with van der Waals surface area (Å²) < 4.78 is 0. The van der Waals surface area contributed by atoms with Crippen LogP contribution in [0.1, 0.15) is 0 Å².